The van der Waals surface area contributed by atoms with Gasteiger partial charge < -0.3 is 15.0 Å². The monoisotopic (exact) mass is 399 g/mol. The first-order valence-electron chi connectivity index (χ1n) is 9.94. The molecule has 3 heterocycles. The molecule has 148 valence electrons. The number of benzene rings is 2. The third-order valence-corrected chi connectivity index (χ3v) is 7.98. The van der Waals surface area contributed by atoms with E-state index in [2.05, 4.69) is 22.3 Å². The van der Waals surface area contributed by atoms with Gasteiger partial charge in [0.15, 0.2) is 0 Å². The second-order valence-corrected chi connectivity index (χ2v) is 9.62. The van der Waals surface area contributed by atoms with Crippen molar-refractivity contribution in [3.8, 4) is 5.75 Å². The van der Waals surface area contributed by atoms with Gasteiger partial charge in [-0.15, -0.1) is 0 Å². The van der Waals surface area contributed by atoms with E-state index < -0.39 is 10.0 Å². The third kappa shape index (κ3) is 3.07. The summed E-state index contributed by atoms with van der Waals surface area (Å²) < 4.78 is 34.1. The van der Waals surface area contributed by atoms with E-state index in [9.17, 15) is 8.42 Å². The largest absolute Gasteiger partial charge is 0.488 e. The van der Waals surface area contributed by atoms with Gasteiger partial charge in [0.1, 0.15) is 11.9 Å². The molecule has 5 rings (SSSR count). The lowest BCUT2D eigenvalue weighted by Gasteiger charge is -2.35. The summed E-state index contributed by atoms with van der Waals surface area (Å²) in [7, 11) is -3.49. The summed E-state index contributed by atoms with van der Waals surface area (Å²) in [6.07, 6.45) is 1.10. The summed E-state index contributed by atoms with van der Waals surface area (Å²) in [6.45, 7) is 4.17. The number of piperidine rings is 1. The predicted molar refractivity (Wildman–Crippen MR) is 108 cm³/mol. The van der Waals surface area contributed by atoms with E-state index >= 15 is 0 Å². The van der Waals surface area contributed by atoms with Crippen LogP contribution in [0.1, 0.15) is 17.9 Å². The zero-order valence-corrected chi connectivity index (χ0v) is 16.6. The highest BCUT2D eigenvalue weighted by Crippen LogP contribution is 2.42. The number of hydrogen-bond acceptors (Lipinski definition) is 5. The molecule has 2 fully saturated rings. The molecule has 7 heteroatoms. The predicted octanol–water partition coefficient (Wildman–Crippen LogP) is 2.04. The van der Waals surface area contributed by atoms with Crippen LogP contribution in [0.15, 0.2) is 53.4 Å². The van der Waals surface area contributed by atoms with Gasteiger partial charge in [-0.2, -0.15) is 4.31 Å². The Morgan fingerprint density at radius 3 is 2.57 bits per heavy atom. The van der Waals surface area contributed by atoms with Crippen LogP contribution in [0.4, 0.5) is 5.69 Å². The van der Waals surface area contributed by atoms with Crippen LogP contribution < -0.4 is 15.0 Å². The third-order valence-electron chi connectivity index (χ3n) is 6.08. The maximum atomic E-state index is 13.2. The highest BCUT2D eigenvalue weighted by Gasteiger charge is 2.37. The zero-order chi connectivity index (χ0) is 19.1. The van der Waals surface area contributed by atoms with Gasteiger partial charge in [0.05, 0.1) is 4.90 Å². The van der Waals surface area contributed by atoms with E-state index in [-0.39, 0.29) is 6.10 Å². The van der Waals surface area contributed by atoms with Crippen LogP contribution in [0.25, 0.3) is 0 Å². The molecule has 0 amide bonds. The van der Waals surface area contributed by atoms with Crippen LogP contribution >= 0.6 is 0 Å². The number of ether oxygens (including phenoxy) is 1. The molecule has 3 aliphatic heterocycles. The van der Waals surface area contributed by atoms with Crippen molar-refractivity contribution < 1.29 is 13.2 Å². The van der Waals surface area contributed by atoms with Crippen molar-refractivity contribution in [3.05, 3.63) is 54.1 Å². The van der Waals surface area contributed by atoms with Crippen LogP contribution in [0.2, 0.25) is 0 Å². The van der Waals surface area contributed by atoms with Crippen LogP contribution in [-0.2, 0) is 10.0 Å². The highest BCUT2D eigenvalue weighted by atomic mass is 32.2. The molecule has 2 aromatic carbocycles. The number of nitrogens with zero attached hydrogens (tertiary/aromatic N) is 2. The normalized spacial score (nSPS) is 25.1. The molecular formula is C21H25N3O3S. The minimum absolute atomic E-state index is 0.121. The lowest BCUT2D eigenvalue weighted by molar-refractivity contribution is 0.177. The fourth-order valence-corrected chi connectivity index (χ4v) is 5.99. The van der Waals surface area contributed by atoms with Gasteiger partial charge in [-0.25, -0.2) is 8.42 Å². The Balaban J connectivity index is 1.34. The Kier molecular flexibility index (Phi) is 4.53. The second kappa shape index (κ2) is 7.06. The van der Waals surface area contributed by atoms with Gasteiger partial charge >= 0.3 is 0 Å². The van der Waals surface area contributed by atoms with Crippen molar-refractivity contribution in [2.45, 2.75) is 23.3 Å². The number of hydrogen-bond donors (Lipinski definition) is 1. The van der Waals surface area contributed by atoms with Crippen molar-refractivity contribution in [1.82, 2.24) is 9.62 Å². The van der Waals surface area contributed by atoms with Crippen molar-refractivity contribution in [1.29, 1.82) is 0 Å². The number of para-hydroxylation sites is 1. The molecule has 3 aliphatic rings. The Labute approximate surface area is 166 Å². The molecule has 0 bridgehead atoms. The smallest absolute Gasteiger partial charge is 0.243 e. The number of nitrogens with one attached hydrogen (secondary N) is 1. The quantitative estimate of drug-likeness (QED) is 0.856. The average Bonchev–Trinajstić information content (AvgIpc) is 3.12. The standard InChI is InChI=1S/C21H25N3O3S/c25-28(26,24-12-10-23(11-13-24)16-4-2-1-3-5-16)17-6-7-20-19(14-17)18-8-9-22-15-21(18)27-20/h1-7,14,18,21-22H,8-13,15H2. The summed E-state index contributed by atoms with van der Waals surface area (Å²) >= 11 is 0. The van der Waals surface area contributed by atoms with Crippen molar-refractivity contribution in [2.75, 3.05) is 44.2 Å². The molecule has 0 saturated carbocycles. The number of fused-ring (bicyclic) bond motifs is 3. The van der Waals surface area contributed by atoms with Crippen LogP contribution in [0.3, 0.4) is 0 Å². The lowest BCUT2D eigenvalue weighted by atomic mass is 9.90. The fraction of sp³-hybridized carbons (Fsp3) is 0.429. The minimum atomic E-state index is -3.49. The van der Waals surface area contributed by atoms with E-state index in [1.165, 1.54) is 0 Å². The molecule has 0 radical (unpaired) electrons. The van der Waals surface area contributed by atoms with E-state index in [4.69, 9.17) is 4.74 Å². The molecule has 28 heavy (non-hydrogen) atoms. The molecule has 2 unspecified atom stereocenters. The van der Waals surface area contributed by atoms with Gasteiger partial charge in [0.2, 0.25) is 10.0 Å². The summed E-state index contributed by atoms with van der Waals surface area (Å²) in [5.41, 5.74) is 2.20. The molecule has 2 atom stereocenters. The van der Waals surface area contributed by atoms with E-state index in [1.54, 1.807) is 10.4 Å². The first-order chi connectivity index (χ1) is 13.6. The maximum absolute atomic E-state index is 13.2. The molecular weight excluding hydrogens is 374 g/mol. The molecule has 0 aliphatic carbocycles. The number of piperazine rings is 1. The van der Waals surface area contributed by atoms with E-state index in [1.807, 2.05) is 30.3 Å². The number of sulfonamides is 1. The van der Waals surface area contributed by atoms with Crippen LogP contribution in [0.5, 0.6) is 5.75 Å². The Hall–Kier alpha value is -2.09. The molecule has 0 spiro atoms. The maximum Gasteiger partial charge on any atom is 0.243 e. The summed E-state index contributed by atoms with van der Waals surface area (Å²) in [6, 6.07) is 15.5. The molecule has 2 aromatic rings. The summed E-state index contributed by atoms with van der Waals surface area (Å²) in [4.78, 5) is 2.63. The first-order valence-corrected chi connectivity index (χ1v) is 11.4. The second-order valence-electron chi connectivity index (χ2n) is 7.68. The van der Waals surface area contributed by atoms with Gasteiger partial charge in [-0.1, -0.05) is 18.2 Å². The Morgan fingerprint density at radius 2 is 1.79 bits per heavy atom. The molecule has 6 nitrogen and oxygen atoms in total. The number of rotatable bonds is 3. The molecule has 1 N–H and O–H groups in total. The van der Waals surface area contributed by atoms with E-state index in [0.717, 1.165) is 36.5 Å². The summed E-state index contributed by atoms with van der Waals surface area (Å²) in [5, 5.41) is 3.35. The van der Waals surface area contributed by atoms with Gasteiger partial charge in [-0.05, 0) is 43.3 Å². The zero-order valence-electron chi connectivity index (χ0n) is 15.8. The van der Waals surface area contributed by atoms with Gasteiger partial charge in [0.25, 0.3) is 0 Å². The van der Waals surface area contributed by atoms with Gasteiger partial charge in [0, 0.05) is 49.9 Å². The van der Waals surface area contributed by atoms with Gasteiger partial charge in [-0.3, -0.25) is 0 Å². The highest BCUT2D eigenvalue weighted by molar-refractivity contribution is 7.89. The Bertz CT molecular complexity index is 956. The van der Waals surface area contributed by atoms with Crippen molar-refractivity contribution >= 4 is 15.7 Å². The minimum Gasteiger partial charge on any atom is -0.488 e. The fourth-order valence-electron chi connectivity index (χ4n) is 4.53. The summed E-state index contributed by atoms with van der Waals surface area (Å²) in [5.74, 6) is 1.13. The Morgan fingerprint density at radius 1 is 1.00 bits per heavy atom. The van der Waals surface area contributed by atoms with Crippen LogP contribution in [0, 0.1) is 0 Å². The average molecular weight is 400 g/mol. The van der Waals surface area contributed by atoms with Crippen molar-refractivity contribution in [3.63, 3.8) is 0 Å². The van der Waals surface area contributed by atoms with Crippen LogP contribution in [-0.4, -0.2) is 58.1 Å². The molecule has 0 aromatic heterocycles. The lowest BCUT2D eigenvalue weighted by Crippen LogP contribution is -2.48. The number of anilines is 1. The van der Waals surface area contributed by atoms with Crippen molar-refractivity contribution in [2.24, 2.45) is 0 Å². The molecule has 2 saturated heterocycles. The SMILES string of the molecule is O=S(=O)(c1ccc2c(c1)C1CCNCC1O2)N1CCN(c2ccccc2)CC1. The first kappa shape index (κ1) is 18.0. The topological polar surface area (TPSA) is 61.9 Å². The van der Waals surface area contributed by atoms with E-state index in [0.29, 0.717) is 37.0 Å².